The highest BCUT2D eigenvalue weighted by molar-refractivity contribution is 5.93. The summed E-state index contributed by atoms with van der Waals surface area (Å²) in [6, 6.07) is 6.04. The molecule has 1 heterocycles. The number of para-hydroxylation sites is 1. The van der Waals surface area contributed by atoms with Crippen molar-refractivity contribution in [1.82, 2.24) is 5.16 Å². The fourth-order valence-electron chi connectivity index (χ4n) is 2.70. The number of nitrogens with one attached hydrogen (secondary N) is 1. The third-order valence-corrected chi connectivity index (χ3v) is 3.97. The van der Waals surface area contributed by atoms with Crippen LogP contribution >= 0.6 is 0 Å². The predicted octanol–water partition coefficient (Wildman–Crippen LogP) is 3.49. The van der Waals surface area contributed by atoms with Crippen LogP contribution in [0.25, 0.3) is 0 Å². The molecule has 0 saturated heterocycles. The van der Waals surface area contributed by atoms with Crippen LogP contribution in [0.15, 0.2) is 28.8 Å². The Balaban J connectivity index is 1.71. The van der Waals surface area contributed by atoms with Gasteiger partial charge in [-0.05, 0) is 44.2 Å². The fraction of sp³-hybridized carbons (Fsp3) is 0.412. The van der Waals surface area contributed by atoms with Gasteiger partial charge in [0.05, 0.1) is 5.69 Å². The summed E-state index contributed by atoms with van der Waals surface area (Å²) in [6.45, 7) is 1.81. The van der Waals surface area contributed by atoms with Crippen LogP contribution in [0.3, 0.4) is 0 Å². The Morgan fingerprint density at radius 2 is 2.17 bits per heavy atom. The number of nitrogens with zero attached hydrogens (tertiary/aromatic N) is 1. The molecule has 0 spiro atoms. The normalized spacial score (nSPS) is 14.9. The number of benzene rings is 1. The zero-order valence-electron chi connectivity index (χ0n) is 13.0. The van der Waals surface area contributed by atoms with E-state index >= 15 is 0 Å². The number of hydrogen-bond acceptors (Lipinski definition) is 4. The molecule has 0 radical (unpaired) electrons. The quantitative estimate of drug-likeness (QED) is 0.916. The van der Waals surface area contributed by atoms with Gasteiger partial charge in [-0.3, -0.25) is 10.1 Å². The molecule has 122 valence electrons. The van der Waals surface area contributed by atoms with Crippen molar-refractivity contribution in [3.63, 3.8) is 0 Å². The first kappa shape index (κ1) is 15.5. The van der Waals surface area contributed by atoms with Crippen LogP contribution in [0.2, 0.25) is 0 Å². The summed E-state index contributed by atoms with van der Waals surface area (Å²) in [5, 5.41) is 6.73. The number of hydrogen-bond donors (Lipinski definition) is 1. The molecule has 0 unspecified atom stereocenters. The number of ether oxygens (including phenoxy) is 1. The van der Waals surface area contributed by atoms with Gasteiger partial charge >= 0.3 is 0 Å². The number of carbonyl (C=O) groups excluding carboxylic acids is 1. The molecule has 1 atom stereocenters. The van der Waals surface area contributed by atoms with Crippen molar-refractivity contribution in [2.24, 2.45) is 0 Å². The molecule has 5 nitrogen and oxygen atoms in total. The molecular formula is C17H19FN2O3. The summed E-state index contributed by atoms with van der Waals surface area (Å²) in [5.74, 6) is -0.398. The van der Waals surface area contributed by atoms with Crippen molar-refractivity contribution >= 4 is 11.8 Å². The van der Waals surface area contributed by atoms with Gasteiger partial charge in [-0.25, -0.2) is 4.39 Å². The van der Waals surface area contributed by atoms with E-state index in [0.29, 0.717) is 12.3 Å². The number of aromatic nitrogens is 1. The number of aryl methyl sites for hydroxylation is 1. The van der Waals surface area contributed by atoms with E-state index in [1.807, 2.05) is 0 Å². The molecule has 1 aliphatic carbocycles. The molecular weight excluding hydrogens is 299 g/mol. The zero-order chi connectivity index (χ0) is 16.2. The van der Waals surface area contributed by atoms with E-state index in [9.17, 15) is 9.18 Å². The highest BCUT2D eigenvalue weighted by Crippen LogP contribution is 2.28. The first-order valence-electron chi connectivity index (χ1n) is 7.88. The van der Waals surface area contributed by atoms with Gasteiger partial charge in [-0.2, -0.15) is 0 Å². The molecule has 0 saturated carbocycles. The van der Waals surface area contributed by atoms with Gasteiger partial charge < -0.3 is 9.26 Å². The highest BCUT2D eigenvalue weighted by Gasteiger charge is 2.25. The van der Waals surface area contributed by atoms with Crippen LogP contribution in [0, 0.1) is 5.82 Å². The molecule has 2 aromatic rings. The monoisotopic (exact) mass is 318 g/mol. The lowest BCUT2D eigenvalue weighted by atomic mass is 9.97. The van der Waals surface area contributed by atoms with Gasteiger partial charge in [0.1, 0.15) is 0 Å². The Hall–Kier alpha value is -2.37. The van der Waals surface area contributed by atoms with E-state index in [1.165, 1.54) is 12.1 Å². The van der Waals surface area contributed by atoms with Gasteiger partial charge in [0.25, 0.3) is 5.91 Å². The summed E-state index contributed by atoms with van der Waals surface area (Å²) >= 11 is 0. The molecule has 23 heavy (non-hydrogen) atoms. The molecule has 3 rings (SSSR count). The lowest BCUT2D eigenvalue weighted by molar-refractivity contribution is -0.123. The number of fused-ring (bicyclic) bond motifs is 1. The average Bonchev–Trinajstić information content (AvgIpc) is 2.97. The van der Waals surface area contributed by atoms with Crippen molar-refractivity contribution in [3.8, 4) is 5.75 Å². The highest BCUT2D eigenvalue weighted by atomic mass is 19.1. The van der Waals surface area contributed by atoms with Crippen molar-refractivity contribution in [1.29, 1.82) is 0 Å². The van der Waals surface area contributed by atoms with E-state index in [1.54, 1.807) is 19.1 Å². The fourth-order valence-corrected chi connectivity index (χ4v) is 2.70. The maximum atomic E-state index is 13.7. The molecule has 0 fully saturated rings. The molecule has 1 amide bonds. The van der Waals surface area contributed by atoms with Crippen molar-refractivity contribution < 1.29 is 18.4 Å². The van der Waals surface area contributed by atoms with Gasteiger partial charge in [-0.1, -0.05) is 24.2 Å². The zero-order valence-corrected chi connectivity index (χ0v) is 13.0. The third-order valence-electron chi connectivity index (χ3n) is 3.97. The summed E-state index contributed by atoms with van der Waals surface area (Å²) in [7, 11) is 0. The Morgan fingerprint density at radius 1 is 1.39 bits per heavy atom. The Kier molecular flexibility index (Phi) is 4.60. The molecule has 1 aromatic carbocycles. The van der Waals surface area contributed by atoms with Crippen LogP contribution < -0.4 is 10.1 Å². The average molecular weight is 318 g/mol. The standard InChI is InChI=1S/C17H19FN2O3/c1-2-14(22-15-10-6-4-8-12(15)18)16(21)19-17-11-7-3-5-9-13(11)20-23-17/h4,6,8,10,14H,2-3,5,7,9H2,1H3,(H,19,21)/t14-/m1/s1. The van der Waals surface area contributed by atoms with Crippen LogP contribution in [0.5, 0.6) is 5.75 Å². The number of rotatable bonds is 5. The minimum atomic E-state index is -0.795. The Bertz CT molecular complexity index is 699. The lowest BCUT2D eigenvalue weighted by Gasteiger charge is -2.17. The predicted molar refractivity (Wildman–Crippen MR) is 82.9 cm³/mol. The second-order valence-corrected chi connectivity index (χ2v) is 5.58. The van der Waals surface area contributed by atoms with Crippen molar-refractivity contribution in [2.75, 3.05) is 5.32 Å². The molecule has 1 aliphatic rings. The number of amides is 1. The SMILES string of the molecule is CC[C@@H](Oc1ccccc1F)C(=O)Nc1onc2c1CCCC2. The van der Waals surface area contributed by atoms with Crippen molar-refractivity contribution in [3.05, 3.63) is 41.3 Å². The molecule has 1 N–H and O–H groups in total. The maximum Gasteiger partial charge on any atom is 0.267 e. The maximum absolute atomic E-state index is 13.7. The minimum absolute atomic E-state index is 0.0640. The van der Waals surface area contributed by atoms with E-state index in [-0.39, 0.29) is 11.7 Å². The van der Waals surface area contributed by atoms with Gasteiger partial charge in [0, 0.05) is 5.56 Å². The van der Waals surface area contributed by atoms with Gasteiger partial charge in [0.15, 0.2) is 17.7 Å². The van der Waals surface area contributed by atoms with E-state index in [4.69, 9.17) is 9.26 Å². The van der Waals surface area contributed by atoms with Crippen LogP contribution in [0.1, 0.15) is 37.4 Å². The smallest absolute Gasteiger partial charge is 0.267 e. The number of carbonyl (C=O) groups is 1. The van der Waals surface area contributed by atoms with Crippen LogP contribution in [-0.2, 0) is 17.6 Å². The number of halogens is 1. The molecule has 6 heteroatoms. The number of anilines is 1. The Labute approximate surface area is 133 Å². The third kappa shape index (κ3) is 3.36. The molecule has 1 aromatic heterocycles. The minimum Gasteiger partial charge on any atom is -0.478 e. The van der Waals surface area contributed by atoms with Crippen LogP contribution in [-0.4, -0.2) is 17.2 Å². The first-order valence-corrected chi connectivity index (χ1v) is 7.88. The summed E-state index contributed by atoms with van der Waals surface area (Å²) in [6.07, 6.45) is 3.48. The summed E-state index contributed by atoms with van der Waals surface area (Å²) < 4.78 is 24.4. The van der Waals surface area contributed by atoms with Gasteiger partial charge in [0.2, 0.25) is 5.88 Å². The summed E-state index contributed by atoms with van der Waals surface area (Å²) in [5.41, 5.74) is 1.87. The van der Waals surface area contributed by atoms with E-state index < -0.39 is 11.9 Å². The molecule has 0 bridgehead atoms. The van der Waals surface area contributed by atoms with Gasteiger partial charge in [-0.15, -0.1) is 0 Å². The van der Waals surface area contributed by atoms with Crippen molar-refractivity contribution in [2.45, 2.75) is 45.1 Å². The first-order chi connectivity index (χ1) is 11.2. The van der Waals surface area contributed by atoms with E-state index in [0.717, 1.165) is 36.9 Å². The van der Waals surface area contributed by atoms with Crippen LogP contribution in [0.4, 0.5) is 10.3 Å². The van der Waals surface area contributed by atoms with E-state index in [2.05, 4.69) is 10.5 Å². The topological polar surface area (TPSA) is 64.4 Å². The Morgan fingerprint density at radius 3 is 2.96 bits per heavy atom. The largest absolute Gasteiger partial charge is 0.478 e. The summed E-state index contributed by atoms with van der Waals surface area (Å²) in [4.78, 5) is 12.4. The lowest BCUT2D eigenvalue weighted by Crippen LogP contribution is -2.32. The second kappa shape index (κ2) is 6.81. The second-order valence-electron chi connectivity index (χ2n) is 5.58. The molecule has 0 aliphatic heterocycles.